The van der Waals surface area contributed by atoms with Crippen molar-refractivity contribution in [1.82, 2.24) is 4.98 Å². The minimum absolute atomic E-state index is 0.0392. The standard InChI is InChI=1S/C14H13ClFNO3/c1-7(2)20-12-6-11(14(18)19-3)17-10-5-8(16)4-9(15)13(10)12/h4-7H,1-3H3. The minimum Gasteiger partial charge on any atom is -0.490 e. The fraction of sp³-hybridized carbons (Fsp3) is 0.286. The fourth-order valence-corrected chi connectivity index (χ4v) is 2.10. The third kappa shape index (κ3) is 2.82. The Morgan fingerprint density at radius 2 is 2.05 bits per heavy atom. The molecule has 0 aliphatic heterocycles. The highest BCUT2D eigenvalue weighted by molar-refractivity contribution is 6.36. The summed E-state index contributed by atoms with van der Waals surface area (Å²) in [4.78, 5) is 15.7. The Balaban J connectivity index is 2.74. The van der Waals surface area contributed by atoms with E-state index in [1.165, 1.54) is 25.3 Å². The average Bonchev–Trinajstić information content (AvgIpc) is 2.35. The first-order valence-corrected chi connectivity index (χ1v) is 6.35. The maximum atomic E-state index is 13.4. The highest BCUT2D eigenvalue weighted by atomic mass is 35.5. The Morgan fingerprint density at radius 1 is 1.35 bits per heavy atom. The quantitative estimate of drug-likeness (QED) is 0.812. The number of pyridine rings is 1. The van der Waals surface area contributed by atoms with Crippen LogP contribution in [-0.4, -0.2) is 24.2 Å². The van der Waals surface area contributed by atoms with Gasteiger partial charge in [-0.05, 0) is 19.9 Å². The number of benzene rings is 1. The maximum absolute atomic E-state index is 13.4. The molecule has 4 nitrogen and oxygen atoms in total. The van der Waals surface area contributed by atoms with Crippen molar-refractivity contribution in [3.8, 4) is 5.75 Å². The van der Waals surface area contributed by atoms with Gasteiger partial charge in [0, 0.05) is 12.1 Å². The SMILES string of the molecule is COC(=O)c1cc(OC(C)C)c2c(Cl)cc(F)cc2n1. The molecule has 0 fully saturated rings. The fourth-order valence-electron chi connectivity index (χ4n) is 1.81. The minimum atomic E-state index is -0.624. The van der Waals surface area contributed by atoms with Crippen LogP contribution in [0.5, 0.6) is 5.75 Å². The molecule has 1 aromatic heterocycles. The molecule has 0 spiro atoms. The summed E-state index contributed by atoms with van der Waals surface area (Å²) in [6.45, 7) is 3.67. The highest BCUT2D eigenvalue weighted by Gasteiger charge is 2.17. The number of halogens is 2. The van der Waals surface area contributed by atoms with Gasteiger partial charge in [0.2, 0.25) is 0 Å². The lowest BCUT2D eigenvalue weighted by Gasteiger charge is -2.14. The van der Waals surface area contributed by atoms with Crippen LogP contribution in [-0.2, 0) is 4.74 Å². The van der Waals surface area contributed by atoms with E-state index < -0.39 is 11.8 Å². The number of esters is 1. The van der Waals surface area contributed by atoms with Crippen LogP contribution in [0.1, 0.15) is 24.3 Å². The predicted octanol–water partition coefficient (Wildman–Crippen LogP) is 3.60. The predicted molar refractivity (Wildman–Crippen MR) is 73.8 cm³/mol. The van der Waals surface area contributed by atoms with Crippen LogP contribution in [0.25, 0.3) is 10.9 Å². The Morgan fingerprint density at radius 3 is 2.65 bits per heavy atom. The zero-order chi connectivity index (χ0) is 14.9. The van der Waals surface area contributed by atoms with Gasteiger partial charge in [-0.2, -0.15) is 0 Å². The topological polar surface area (TPSA) is 48.4 Å². The van der Waals surface area contributed by atoms with Gasteiger partial charge in [-0.3, -0.25) is 0 Å². The van der Waals surface area contributed by atoms with Crippen molar-refractivity contribution < 1.29 is 18.7 Å². The average molecular weight is 298 g/mol. The molecule has 0 amide bonds. The number of hydrogen-bond donors (Lipinski definition) is 0. The van der Waals surface area contributed by atoms with E-state index in [0.717, 1.165) is 0 Å². The molecule has 20 heavy (non-hydrogen) atoms. The molecule has 0 saturated heterocycles. The van der Waals surface area contributed by atoms with Crippen LogP contribution in [0.15, 0.2) is 18.2 Å². The van der Waals surface area contributed by atoms with Crippen molar-refractivity contribution in [3.63, 3.8) is 0 Å². The molecule has 0 radical (unpaired) electrons. The van der Waals surface area contributed by atoms with Crippen molar-refractivity contribution in [2.75, 3.05) is 7.11 Å². The zero-order valence-corrected chi connectivity index (χ0v) is 12.0. The van der Waals surface area contributed by atoms with Gasteiger partial charge in [-0.15, -0.1) is 0 Å². The number of hydrogen-bond acceptors (Lipinski definition) is 4. The molecule has 0 unspecified atom stereocenters. The van der Waals surface area contributed by atoms with E-state index in [2.05, 4.69) is 9.72 Å². The van der Waals surface area contributed by atoms with Gasteiger partial charge in [0.1, 0.15) is 11.6 Å². The summed E-state index contributed by atoms with van der Waals surface area (Å²) >= 11 is 6.04. The third-order valence-electron chi connectivity index (χ3n) is 2.55. The van der Waals surface area contributed by atoms with Gasteiger partial charge < -0.3 is 9.47 Å². The number of methoxy groups -OCH3 is 1. The smallest absolute Gasteiger partial charge is 0.356 e. The summed E-state index contributed by atoms with van der Waals surface area (Å²) in [5, 5.41) is 0.647. The molecule has 6 heteroatoms. The van der Waals surface area contributed by atoms with E-state index >= 15 is 0 Å². The zero-order valence-electron chi connectivity index (χ0n) is 11.2. The Hall–Kier alpha value is -1.88. The summed E-state index contributed by atoms with van der Waals surface area (Å²) < 4.78 is 23.7. The number of rotatable bonds is 3. The van der Waals surface area contributed by atoms with Crippen molar-refractivity contribution >= 4 is 28.5 Å². The molecular weight excluding hydrogens is 285 g/mol. The molecule has 1 heterocycles. The van der Waals surface area contributed by atoms with E-state index in [0.29, 0.717) is 11.1 Å². The second-order valence-electron chi connectivity index (χ2n) is 4.45. The van der Waals surface area contributed by atoms with E-state index in [1.807, 2.05) is 13.8 Å². The van der Waals surface area contributed by atoms with Crippen LogP contribution >= 0.6 is 11.6 Å². The van der Waals surface area contributed by atoms with Crippen LogP contribution < -0.4 is 4.74 Å². The van der Waals surface area contributed by atoms with Gasteiger partial charge in [-0.25, -0.2) is 14.2 Å². The Labute approximate surface area is 120 Å². The van der Waals surface area contributed by atoms with Crippen LogP contribution in [0.3, 0.4) is 0 Å². The number of carbonyl (C=O) groups excluding carboxylic acids is 1. The summed E-state index contributed by atoms with van der Waals surface area (Å²) in [6.07, 6.45) is -0.132. The highest BCUT2D eigenvalue weighted by Crippen LogP contribution is 2.33. The molecule has 0 aliphatic rings. The molecule has 106 valence electrons. The Bertz CT molecular complexity index is 673. The number of fused-ring (bicyclic) bond motifs is 1. The second kappa shape index (κ2) is 5.63. The van der Waals surface area contributed by atoms with Crippen molar-refractivity contribution in [2.45, 2.75) is 20.0 Å². The van der Waals surface area contributed by atoms with Gasteiger partial charge >= 0.3 is 5.97 Å². The van der Waals surface area contributed by atoms with E-state index in [1.54, 1.807) is 0 Å². The lowest BCUT2D eigenvalue weighted by atomic mass is 10.1. The maximum Gasteiger partial charge on any atom is 0.356 e. The first-order valence-electron chi connectivity index (χ1n) is 5.97. The third-order valence-corrected chi connectivity index (χ3v) is 2.84. The monoisotopic (exact) mass is 297 g/mol. The Kier molecular flexibility index (Phi) is 4.09. The molecule has 1 aromatic carbocycles. The number of ether oxygens (including phenoxy) is 2. The molecule has 0 N–H and O–H groups in total. The number of nitrogens with zero attached hydrogens (tertiary/aromatic N) is 1. The first-order chi connectivity index (χ1) is 9.42. The van der Waals surface area contributed by atoms with Crippen LogP contribution in [0, 0.1) is 5.82 Å². The van der Waals surface area contributed by atoms with Gasteiger partial charge in [-0.1, -0.05) is 11.6 Å². The first kappa shape index (κ1) is 14.5. The van der Waals surface area contributed by atoms with Crippen molar-refractivity contribution in [1.29, 1.82) is 0 Å². The van der Waals surface area contributed by atoms with Gasteiger partial charge in [0.15, 0.2) is 5.69 Å². The summed E-state index contributed by atoms with van der Waals surface area (Å²) in [5.74, 6) is -0.788. The summed E-state index contributed by atoms with van der Waals surface area (Å²) in [5.41, 5.74) is 0.283. The normalized spacial score (nSPS) is 10.9. The van der Waals surface area contributed by atoms with Crippen LogP contribution in [0.4, 0.5) is 4.39 Å². The molecular formula is C14H13ClFNO3. The van der Waals surface area contributed by atoms with E-state index in [4.69, 9.17) is 16.3 Å². The van der Waals surface area contributed by atoms with E-state index in [9.17, 15) is 9.18 Å². The molecule has 2 rings (SSSR count). The molecule has 0 aliphatic carbocycles. The number of carbonyl (C=O) groups is 1. The molecule has 2 aromatic rings. The molecule has 0 saturated carbocycles. The van der Waals surface area contributed by atoms with Crippen LogP contribution in [0.2, 0.25) is 5.02 Å². The summed E-state index contributed by atoms with van der Waals surface area (Å²) in [6, 6.07) is 3.81. The lowest BCUT2D eigenvalue weighted by molar-refractivity contribution is 0.0593. The lowest BCUT2D eigenvalue weighted by Crippen LogP contribution is -2.10. The molecule has 0 bridgehead atoms. The van der Waals surface area contributed by atoms with Gasteiger partial charge in [0.25, 0.3) is 0 Å². The van der Waals surface area contributed by atoms with E-state index in [-0.39, 0.29) is 22.3 Å². The van der Waals surface area contributed by atoms with Crippen molar-refractivity contribution in [3.05, 3.63) is 34.7 Å². The molecule has 0 atom stereocenters. The van der Waals surface area contributed by atoms with Crippen molar-refractivity contribution in [2.24, 2.45) is 0 Å². The van der Waals surface area contributed by atoms with Gasteiger partial charge in [0.05, 0.1) is 29.1 Å². The summed E-state index contributed by atoms with van der Waals surface area (Å²) in [7, 11) is 1.25. The largest absolute Gasteiger partial charge is 0.490 e. The number of aromatic nitrogens is 1. The second-order valence-corrected chi connectivity index (χ2v) is 4.85.